The van der Waals surface area contributed by atoms with Gasteiger partial charge in [-0.25, -0.2) is 5.43 Å². The number of amides is 3. The molecule has 3 aromatic carbocycles. The molecule has 0 aliphatic heterocycles. The summed E-state index contributed by atoms with van der Waals surface area (Å²) >= 11 is 15.2. The van der Waals surface area contributed by atoms with Gasteiger partial charge < -0.3 is 20.1 Å². The largest absolute Gasteiger partial charge is 0.497 e. The predicted molar refractivity (Wildman–Crippen MR) is 145 cm³/mol. The third-order valence-corrected chi connectivity index (χ3v) is 5.59. The highest BCUT2D eigenvalue weighted by atomic mass is 79.9. The van der Waals surface area contributed by atoms with Crippen LogP contribution in [0.5, 0.6) is 11.5 Å². The van der Waals surface area contributed by atoms with Crippen molar-refractivity contribution in [1.82, 2.24) is 10.7 Å². The highest BCUT2D eigenvalue weighted by molar-refractivity contribution is 9.10. The van der Waals surface area contributed by atoms with Crippen LogP contribution in [0.2, 0.25) is 10.0 Å². The van der Waals surface area contributed by atoms with E-state index in [1.165, 1.54) is 6.21 Å². The molecule has 3 aromatic rings. The van der Waals surface area contributed by atoms with Crippen LogP contribution >= 0.6 is 39.1 Å². The van der Waals surface area contributed by atoms with Crippen molar-refractivity contribution in [3.63, 3.8) is 0 Å². The van der Waals surface area contributed by atoms with E-state index in [0.717, 1.165) is 5.56 Å². The summed E-state index contributed by atoms with van der Waals surface area (Å²) in [6.45, 7) is -0.153. The Labute approximate surface area is 231 Å². The Morgan fingerprint density at radius 3 is 2.35 bits per heavy atom. The number of hydrogen-bond acceptors (Lipinski definition) is 6. The number of ether oxygens (including phenoxy) is 2. The average molecular weight is 608 g/mol. The van der Waals surface area contributed by atoms with Gasteiger partial charge in [0.25, 0.3) is 5.91 Å². The van der Waals surface area contributed by atoms with Crippen LogP contribution in [-0.2, 0) is 20.9 Å². The van der Waals surface area contributed by atoms with Crippen LogP contribution in [0.4, 0.5) is 5.69 Å². The lowest BCUT2D eigenvalue weighted by Crippen LogP contribution is -2.37. The Hall–Kier alpha value is -3.60. The number of nitrogens with one attached hydrogen (secondary N) is 3. The zero-order valence-electron chi connectivity index (χ0n) is 19.4. The molecular weight excluding hydrogens is 587 g/mol. The van der Waals surface area contributed by atoms with Crippen molar-refractivity contribution in [2.45, 2.75) is 6.54 Å². The summed E-state index contributed by atoms with van der Waals surface area (Å²) in [4.78, 5) is 36.4. The maximum absolute atomic E-state index is 12.3. The first-order valence-corrected chi connectivity index (χ1v) is 12.2. The molecule has 3 amide bonds. The Morgan fingerprint density at radius 2 is 1.68 bits per heavy atom. The van der Waals surface area contributed by atoms with Gasteiger partial charge in [-0.1, -0.05) is 51.3 Å². The Bertz CT molecular complexity index is 1300. The number of nitrogens with zero attached hydrogens (tertiary/aromatic N) is 1. The van der Waals surface area contributed by atoms with Crippen molar-refractivity contribution < 1.29 is 23.9 Å². The molecule has 9 nitrogen and oxygen atoms in total. The first kappa shape index (κ1) is 28.0. The smallest absolute Gasteiger partial charge is 0.329 e. The molecule has 0 aromatic heterocycles. The zero-order valence-corrected chi connectivity index (χ0v) is 22.5. The Morgan fingerprint density at radius 1 is 0.973 bits per heavy atom. The number of rotatable bonds is 9. The molecule has 0 bridgehead atoms. The molecule has 192 valence electrons. The van der Waals surface area contributed by atoms with E-state index in [-0.39, 0.29) is 13.2 Å². The molecule has 3 rings (SSSR count). The van der Waals surface area contributed by atoms with Crippen molar-refractivity contribution in [3.8, 4) is 11.5 Å². The van der Waals surface area contributed by atoms with Gasteiger partial charge in [0.15, 0.2) is 6.61 Å². The van der Waals surface area contributed by atoms with Crippen LogP contribution in [-0.4, -0.2) is 37.7 Å². The van der Waals surface area contributed by atoms with Gasteiger partial charge >= 0.3 is 11.8 Å². The fraction of sp³-hybridized carbons (Fsp3) is 0.120. The summed E-state index contributed by atoms with van der Waals surface area (Å²) < 4.78 is 11.4. The monoisotopic (exact) mass is 606 g/mol. The van der Waals surface area contributed by atoms with Crippen molar-refractivity contribution in [2.24, 2.45) is 5.10 Å². The van der Waals surface area contributed by atoms with Crippen molar-refractivity contribution in [2.75, 3.05) is 19.0 Å². The van der Waals surface area contributed by atoms with E-state index in [0.29, 0.717) is 37.3 Å². The van der Waals surface area contributed by atoms with Gasteiger partial charge in [0, 0.05) is 32.3 Å². The summed E-state index contributed by atoms with van der Waals surface area (Å²) in [6.07, 6.45) is 1.30. The second kappa shape index (κ2) is 13.6. The number of methoxy groups -OCH3 is 1. The van der Waals surface area contributed by atoms with Gasteiger partial charge in [0.2, 0.25) is 0 Å². The number of anilines is 1. The number of halogens is 3. The Balaban J connectivity index is 1.53. The van der Waals surface area contributed by atoms with Crippen LogP contribution in [0.25, 0.3) is 0 Å². The summed E-state index contributed by atoms with van der Waals surface area (Å²) in [5, 5.41) is 9.73. The molecule has 0 saturated heterocycles. The molecule has 0 heterocycles. The molecule has 0 spiro atoms. The molecule has 0 radical (unpaired) electrons. The minimum absolute atomic E-state index is 0.160. The number of hydrogen-bond donors (Lipinski definition) is 3. The molecule has 0 aliphatic rings. The first-order chi connectivity index (χ1) is 17.7. The molecule has 0 aliphatic carbocycles. The minimum Gasteiger partial charge on any atom is -0.497 e. The highest BCUT2D eigenvalue weighted by Gasteiger charge is 2.13. The lowest BCUT2D eigenvalue weighted by Gasteiger charge is -2.10. The van der Waals surface area contributed by atoms with Crippen molar-refractivity contribution >= 4 is 68.8 Å². The standard InChI is InChI=1S/C25H21BrCl2N4O5/c1-36-21-5-2-15(3-6-21)12-29-24(34)25(35)32-30-13-16-8-17(26)4-7-22(16)37-14-23(33)31-20-10-18(27)9-19(28)11-20/h2-11,13H,12,14H2,1H3,(H,29,34)(H,31,33)(H,32,35)/b30-13-. The second-order valence-corrected chi connectivity index (χ2v) is 9.20. The average Bonchev–Trinajstić information content (AvgIpc) is 2.86. The number of carbonyl (C=O) groups is 3. The second-order valence-electron chi connectivity index (χ2n) is 7.41. The molecule has 0 saturated carbocycles. The third kappa shape index (κ3) is 9.09. The molecule has 0 atom stereocenters. The van der Waals surface area contributed by atoms with Gasteiger partial charge in [0.1, 0.15) is 11.5 Å². The normalized spacial score (nSPS) is 10.6. The van der Waals surface area contributed by atoms with Crippen molar-refractivity contribution in [3.05, 3.63) is 86.3 Å². The Kier molecular flexibility index (Phi) is 10.3. The number of carbonyl (C=O) groups excluding carboxylic acids is 3. The zero-order chi connectivity index (χ0) is 26.8. The van der Waals surface area contributed by atoms with Crippen LogP contribution in [0, 0.1) is 0 Å². The molecule has 0 unspecified atom stereocenters. The number of benzene rings is 3. The quantitative estimate of drug-likeness (QED) is 0.187. The maximum Gasteiger partial charge on any atom is 0.329 e. The van der Waals surface area contributed by atoms with Gasteiger partial charge in [-0.3, -0.25) is 14.4 Å². The predicted octanol–water partition coefficient (Wildman–Crippen LogP) is 4.55. The third-order valence-electron chi connectivity index (χ3n) is 4.66. The van der Waals surface area contributed by atoms with E-state index in [9.17, 15) is 14.4 Å². The number of hydrazone groups is 1. The SMILES string of the molecule is COc1ccc(CNC(=O)C(=O)N/N=C\c2cc(Br)ccc2OCC(=O)Nc2cc(Cl)cc(Cl)c2)cc1. The molecule has 12 heteroatoms. The van der Waals surface area contributed by atoms with Gasteiger partial charge in [-0.2, -0.15) is 5.10 Å². The van der Waals surface area contributed by atoms with Crippen LogP contribution in [0.1, 0.15) is 11.1 Å². The summed E-state index contributed by atoms with van der Waals surface area (Å²) in [6, 6.07) is 16.7. The summed E-state index contributed by atoms with van der Waals surface area (Å²) in [5.41, 5.74) is 3.84. The van der Waals surface area contributed by atoms with Crippen LogP contribution in [0.3, 0.4) is 0 Å². The van der Waals surface area contributed by atoms with E-state index in [1.54, 1.807) is 67.8 Å². The van der Waals surface area contributed by atoms with Gasteiger partial charge in [-0.15, -0.1) is 0 Å². The van der Waals surface area contributed by atoms with Crippen LogP contribution < -0.4 is 25.5 Å². The first-order valence-electron chi connectivity index (χ1n) is 10.7. The van der Waals surface area contributed by atoms with E-state index < -0.39 is 17.7 Å². The summed E-state index contributed by atoms with van der Waals surface area (Å²) in [7, 11) is 1.56. The molecule has 0 fully saturated rings. The highest BCUT2D eigenvalue weighted by Crippen LogP contribution is 2.24. The molecule has 3 N–H and O–H groups in total. The van der Waals surface area contributed by atoms with Gasteiger partial charge in [0.05, 0.1) is 13.3 Å². The van der Waals surface area contributed by atoms with E-state index >= 15 is 0 Å². The maximum atomic E-state index is 12.3. The van der Waals surface area contributed by atoms with Gasteiger partial charge in [-0.05, 0) is 54.1 Å². The fourth-order valence-electron chi connectivity index (χ4n) is 2.94. The lowest BCUT2D eigenvalue weighted by molar-refractivity contribution is -0.139. The topological polar surface area (TPSA) is 118 Å². The minimum atomic E-state index is -0.943. The molecule has 37 heavy (non-hydrogen) atoms. The lowest BCUT2D eigenvalue weighted by atomic mass is 10.2. The van der Waals surface area contributed by atoms with Crippen LogP contribution in [0.15, 0.2) is 70.2 Å². The summed E-state index contributed by atoms with van der Waals surface area (Å²) in [5.74, 6) is -1.22. The van der Waals surface area contributed by atoms with E-state index in [2.05, 4.69) is 37.1 Å². The van der Waals surface area contributed by atoms with Crippen molar-refractivity contribution in [1.29, 1.82) is 0 Å². The van der Waals surface area contributed by atoms with E-state index in [1.807, 2.05) is 0 Å². The van der Waals surface area contributed by atoms with E-state index in [4.69, 9.17) is 32.7 Å². The fourth-order valence-corrected chi connectivity index (χ4v) is 3.84. The molecular formula is C25H21BrCl2N4O5.